The van der Waals surface area contributed by atoms with Gasteiger partial charge in [-0.15, -0.1) is 0 Å². The lowest BCUT2D eigenvalue weighted by Crippen LogP contribution is -2.12. The third-order valence-electron chi connectivity index (χ3n) is 4.16. The van der Waals surface area contributed by atoms with Crippen LogP contribution >= 0.6 is 0 Å². The van der Waals surface area contributed by atoms with Gasteiger partial charge in [-0.1, -0.05) is 65.8 Å². The lowest BCUT2D eigenvalue weighted by atomic mass is 9.80. The molecule has 0 spiro atoms. The van der Waals surface area contributed by atoms with Gasteiger partial charge in [-0.3, -0.25) is 0 Å². The van der Waals surface area contributed by atoms with Crippen LogP contribution in [0.2, 0.25) is 0 Å². The highest BCUT2D eigenvalue weighted by molar-refractivity contribution is 5.38. The van der Waals surface area contributed by atoms with Crippen molar-refractivity contribution in [1.82, 2.24) is 0 Å². The first-order valence-corrected chi connectivity index (χ1v) is 7.74. The Labute approximate surface area is 119 Å². The van der Waals surface area contributed by atoms with Gasteiger partial charge in [0.2, 0.25) is 0 Å². The van der Waals surface area contributed by atoms with E-state index in [1.807, 2.05) is 0 Å². The summed E-state index contributed by atoms with van der Waals surface area (Å²) in [5, 5.41) is 0. The van der Waals surface area contributed by atoms with E-state index >= 15 is 0 Å². The second-order valence-corrected chi connectivity index (χ2v) is 8.79. The molecule has 1 aromatic carbocycles. The first kappa shape index (κ1) is 14.6. The van der Waals surface area contributed by atoms with E-state index in [0.717, 1.165) is 11.8 Å². The topological polar surface area (TPSA) is 0 Å². The van der Waals surface area contributed by atoms with Crippen LogP contribution in [0.25, 0.3) is 0 Å². The standard InChI is InChI=1S/C19H30/c1-18(2,3)12-14-11-15(13-19(4,5)6)17-10-8-7-9-16(14)17/h7-10,14-15H,11-13H2,1-6H3. The predicted molar refractivity (Wildman–Crippen MR) is 84.7 cm³/mol. The van der Waals surface area contributed by atoms with Crippen LogP contribution in [-0.4, -0.2) is 0 Å². The molecule has 0 saturated carbocycles. The average Bonchev–Trinajstić information content (AvgIpc) is 2.53. The van der Waals surface area contributed by atoms with Crippen LogP contribution in [-0.2, 0) is 0 Å². The zero-order valence-corrected chi connectivity index (χ0v) is 13.6. The fourth-order valence-corrected chi connectivity index (χ4v) is 3.72. The van der Waals surface area contributed by atoms with Crippen molar-refractivity contribution in [2.45, 2.75) is 72.6 Å². The highest BCUT2D eigenvalue weighted by atomic mass is 14.4. The Morgan fingerprint density at radius 1 is 0.789 bits per heavy atom. The van der Waals surface area contributed by atoms with E-state index in [0.29, 0.717) is 10.8 Å². The lowest BCUT2D eigenvalue weighted by molar-refractivity contribution is 0.303. The van der Waals surface area contributed by atoms with Gasteiger partial charge in [0.15, 0.2) is 0 Å². The van der Waals surface area contributed by atoms with Gasteiger partial charge < -0.3 is 0 Å². The summed E-state index contributed by atoms with van der Waals surface area (Å²) in [5.41, 5.74) is 4.11. The van der Waals surface area contributed by atoms with Crippen molar-refractivity contribution in [3.63, 3.8) is 0 Å². The summed E-state index contributed by atoms with van der Waals surface area (Å²) in [6.07, 6.45) is 3.98. The summed E-state index contributed by atoms with van der Waals surface area (Å²) < 4.78 is 0. The molecule has 0 radical (unpaired) electrons. The lowest BCUT2D eigenvalue weighted by Gasteiger charge is -2.25. The van der Waals surface area contributed by atoms with E-state index in [9.17, 15) is 0 Å². The SMILES string of the molecule is CC(C)(C)CC1CC(CC(C)(C)C)c2ccccc21. The van der Waals surface area contributed by atoms with Crippen molar-refractivity contribution in [3.05, 3.63) is 35.4 Å². The minimum absolute atomic E-state index is 0.425. The molecule has 2 unspecified atom stereocenters. The molecule has 19 heavy (non-hydrogen) atoms. The maximum Gasteiger partial charge on any atom is -0.0148 e. The molecular weight excluding hydrogens is 228 g/mol. The average molecular weight is 258 g/mol. The van der Waals surface area contributed by atoms with Gasteiger partial charge in [0.05, 0.1) is 0 Å². The number of fused-ring (bicyclic) bond motifs is 1. The molecule has 0 aromatic heterocycles. The van der Waals surface area contributed by atoms with Crippen molar-refractivity contribution < 1.29 is 0 Å². The molecule has 106 valence electrons. The number of hydrogen-bond acceptors (Lipinski definition) is 0. The van der Waals surface area contributed by atoms with Crippen LogP contribution in [0.1, 0.15) is 83.8 Å². The van der Waals surface area contributed by atoms with Gasteiger partial charge in [-0.25, -0.2) is 0 Å². The molecule has 0 heteroatoms. The molecule has 0 saturated heterocycles. The number of hydrogen-bond donors (Lipinski definition) is 0. The summed E-state index contributed by atoms with van der Waals surface area (Å²) >= 11 is 0. The van der Waals surface area contributed by atoms with Crippen LogP contribution in [0, 0.1) is 10.8 Å². The molecule has 0 heterocycles. The molecule has 0 nitrogen and oxygen atoms in total. The summed E-state index contributed by atoms with van der Waals surface area (Å²) in [6, 6.07) is 9.17. The van der Waals surface area contributed by atoms with Crippen LogP contribution in [0.15, 0.2) is 24.3 Å². The minimum Gasteiger partial charge on any atom is -0.0620 e. The summed E-state index contributed by atoms with van der Waals surface area (Å²) in [4.78, 5) is 0. The highest BCUT2D eigenvalue weighted by Crippen LogP contribution is 2.50. The third kappa shape index (κ3) is 3.84. The smallest absolute Gasteiger partial charge is 0.0148 e. The fourth-order valence-electron chi connectivity index (χ4n) is 3.72. The predicted octanol–water partition coefficient (Wildman–Crippen LogP) is 6.13. The maximum atomic E-state index is 2.37. The molecule has 0 bridgehead atoms. The second-order valence-electron chi connectivity index (χ2n) is 8.79. The van der Waals surface area contributed by atoms with E-state index in [1.165, 1.54) is 19.3 Å². The van der Waals surface area contributed by atoms with Crippen LogP contribution in [0.5, 0.6) is 0 Å². The fraction of sp³-hybridized carbons (Fsp3) is 0.684. The van der Waals surface area contributed by atoms with Gasteiger partial charge in [-0.05, 0) is 53.1 Å². The Morgan fingerprint density at radius 2 is 1.16 bits per heavy atom. The minimum atomic E-state index is 0.425. The van der Waals surface area contributed by atoms with E-state index in [-0.39, 0.29) is 0 Å². The third-order valence-corrected chi connectivity index (χ3v) is 4.16. The van der Waals surface area contributed by atoms with Gasteiger partial charge in [-0.2, -0.15) is 0 Å². The van der Waals surface area contributed by atoms with Gasteiger partial charge in [0, 0.05) is 0 Å². The Hall–Kier alpha value is -0.780. The zero-order valence-electron chi connectivity index (χ0n) is 13.6. The first-order chi connectivity index (χ1) is 8.66. The summed E-state index contributed by atoms with van der Waals surface area (Å²) in [6.45, 7) is 14.2. The van der Waals surface area contributed by atoms with E-state index in [1.54, 1.807) is 11.1 Å². The largest absolute Gasteiger partial charge is 0.0620 e. The number of benzene rings is 1. The molecular formula is C19H30. The molecule has 1 aliphatic carbocycles. The van der Waals surface area contributed by atoms with E-state index in [4.69, 9.17) is 0 Å². The van der Waals surface area contributed by atoms with Crippen LogP contribution in [0.4, 0.5) is 0 Å². The maximum absolute atomic E-state index is 2.37. The van der Waals surface area contributed by atoms with E-state index in [2.05, 4.69) is 65.8 Å². The van der Waals surface area contributed by atoms with Gasteiger partial charge >= 0.3 is 0 Å². The van der Waals surface area contributed by atoms with Gasteiger partial charge in [0.1, 0.15) is 0 Å². The van der Waals surface area contributed by atoms with Crippen LogP contribution in [0.3, 0.4) is 0 Å². The molecule has 0 aliphatic heterocycles. The molecule has 2 atom stereocenters. The summed E-state index contributed by atoms with van der Waals surface area (Å²) in [7, 11) is 0. The normalized spacial score (nSPS) is 23.5. The number of rotatable bonds is 2. The van der Waals surface area contributed by atoms with Crippen molar-refractivity contribution in [2.24, 2.45) is 10.8 Å². The van der Waals surface area contributed by atoms with Crippen molar-refractivity contribution in [1.29, 1.82) is 0 Å². The van der Waals surface area contributed by atoms with Crippen LogP contribution < -0.4 is 0 Å². The zero-order chi connectivity index (χ0) is 14.3. The summed E-state index contributed by atoms with van der Waals surface area (Å²) in [5.74, 6) is 1.53. The van der Waals surface area contributed by atoms with Crippen molar-refractivity contribution in [2.75, 3.05) is 0 Å². The molecule has 1 aliphatic rings. The molecule has 1 aromatic rings. The Bertz CT molecular complexity index is 387. The van der Waals surface area contributed by atoms with Gasteiger partial charge in [0.25, 0.3) is 0 Å². The monoisotopic (exact) mass is 258 g/mol. The molecule has 0 N–H and O–H groups in total. The van der Waals surface area contributed by atoms with Crippen molar-refractivity contribution >= 4 is 0 Å². The molecule has 0 fully saturated rings. The Balaban J connectivity index is 2.23. The Kier molecular flexibility index (Phi) is 3.82. The molecule has 0 amide bonds. The molecule has 2 rings (SSSR count). The quantitative estimate of drug-likeness (QED) is 0.598. The van der Waals surface area contributed by atoms with Crippen molar-refractivity contribution in [3.8, 4) is 0 Å². The second kappa shape index (κ2) is 4.96. The van der Waals surface area contributed by atoms with E-state index < -0.39 is 0 Å². The first-order valence-electron chi connectivity index (χ1n) is 7.74. The Morgan fingerprint density at radius 3 is 1.47 bits per heavy atom. The highest BCUT2D eigenvalue weighted by Gasteiger charge is 2.34.